The molecule has 0 bridgehead atoms. The van der Waals surface area contributed by atoms with E-state index in [1.165, 1.54) is 0 Å². The third-order valence-electron chi connectivity index (χ3n) is 1.95. The average molecular weight is 269 g/mol. The molecule has 78 valence electrons. The molecule has 4 nitrogen and oxygen atoms in total. The zero-order valence-electron chi connectivity index (χ0n) is 8.11. The second-order valence-electron chi connectivity index (χ2n) is 2.95. The average Bonchev–Trinajstić information content (AvgIpc) is 2.64. The molecule has 2 aromatic heterocycles. The van der Waals surface area contributed by atoms with Crippen LogP contribution in [0, 0.1) is 0 Å². The van der Waals surface area contributed by atoms with E-state index in [1.54, 1.807) is 29.8 Å². The van der Waals surface area contributed by atoms with E-state index in [1.807, 2.05) is 6.20 Å². The highest BCUT2D eigenvalue weighted by Gasteiger charge is 2.13. The minimum Gasteiger partial charge on any atom is -0.462 e. The standard InChI is InChI=1S/C10H9BrN2O2/c1-2-15-10(14)8-5-7(11)6-13-4-3-12-9(8)13/h3-6H,2H2,1H3. The van der Waals surface area contributed by atoms with Crippen molar-refractivity contribution in [2.75, 3.05) is 6.61 Å². The van der Waals surface area contributed by atoms with E-state index in [0.717, 1.165) is 4.47 Å². The van der Waals surface area contributed by atoms with Crippen LogP contribution in [0.3, 0.4) is 0 Å². The summed E-state index contributed by atoms with van der Waals surface area (Å²) in [6.45, 7) is 2.14. The van der Waals surface area contributed by atoms with E-state index in [2.05, 4.69) is 20.9 Å². The van der Waals surface area contributed by atoms with Crippen LogP contribution in [-0.2, 0) is 4.74 Å². The number of fused-ring (bicyclic) bond motifs is 1. The third-order valence-corrected chi connectivity index (χ3v) is 2.38. The van der Waals surface area contributed by atoms with E-state index < -0.39 is 0 Å². The molecule has 0 saturated carbocycles. The Kier molecular flexibility index (Phi) is 2.73. The number of nitrogens with zero attached hydrogens (tertiary/aromatic N) is 2. The van der Waals surface area contributed by atoms with E-state index in [0.29, 0.717) is 17.8 Å². The van der Waals surface area contributed by atoms with Gasteiger partial charge >= 0.3 is 5.97 Å². The Bertz CT molecular complexity index is 507. The van der Waals surface area contributed by atoms with Crippen LogP contribution in [0.1, 0.15) is 17.3 Å². The van der Waals surface area contributed by atoms with Gasteiger partial charge in [-0.2, -0.15) is 0 Å². The van der Waals surface area contributed by atoms with Gasteiger partial charge in [-0.3, -0.25) is 0 Å². The van der Waals surface area contributed by atoms with Crippen molar-refractivity contribution in [2.24, 2.45) is 0 Å². The Labute approximate surface area is 95.0 Å². The van der Waals surface area contributed by atoms with Crippen molar-refractivity contribution in [3.63, 3.8) is 0 Å². The van der Waals surface area contributed by atoms with Crippen LogP contribution in [0.2, 0.25) is 0 Å². The number of rotatable bonds is 2. The summed E-state index contributed by atoms with van der Waals surface area (Å²) in [7, 11) is 0. The lowest BCUT2D eigenvalue weighted by molar-refractivity contribution is 0.0528. The van der Waals surface area contributed by atoms with E-state index in [-0.39, 0.29) is 5.97 Å². The molecule has 2 heterocycles. The maximum absolute atomic E-state index is 11.6. The molecule has 2 rings (SSSR count). The Morgan fingerprint density at radius 2 is 2.47 bits per heavy atom. The van der Waals surface area contributed by atoms with Crippen LogP contribution in [0.5, 0.6) is 0 Å². The van der Waals surface area contributed by atoms with Crippen LogP contribution in [0.25, 0.3) is 5.65 Å². The number of halogens is 1. The van der Waals surface area contributed by atoms with Gasteiger partial charge in [0.1, 0.15) is 5.56 Å². The van der Waals surface area contributed by atoms with Crippen LogP contribution in [0.15, 0.2) is 29.1 Å². The highest BCUT2D eigenvalue weighted by atomic mass is 79.9. The van der Waals surface area contributed by atoms with Crippen LogP contribution < -0.4 is 0 Å². The van der Waals surface area contributed by atoms with E-state index >= 15 is 0 Å². The van der Waals surface area contributed by atoms with Gasteiger partial charge in [0, 0.05) is 23.1 Å². The fraction of sp³-hybridized carbons (Fsp3) is 0.200. The van der Waals surface area contributed by atoms with Crippen molar-refractivity contribution in [3.05, 3.63) is 34.7 Å². The number of hydrogen-bond donors (Lipinski definition) is 0. The Balaban J connectivity index is 2.57. The molecule has 5 heteroatoms. The van der Waals surface area contributed by atoms with Crippen molar-refractivity contribution in [1.82, 2.24) is 9.38 Å². The van der Waals surface area contributed by atoms with Gasteiger partial charge in [0.05, 0.1) is 6.61 Å². The lowest BCUT2D eigenvalue weighted by Crippen LogP contribution is -2.07. The molecule has 0 radical (unpaired) electrons. The smallest absolute Gasteiger partial charge is 0.341 e. The van der Waals surface area contributed by atoms with Gasteiger partial charge in [-0.1, -0.05) is 0 Å². The number of pyridine rings is 1. The number of carbonyl (C=O) groups excluding carboxylic acids is 1. The minimum absolute atomic E-state index is 0.352. The molecule has 15 heavy (non-hydrogen) atoms. The summed E-state index contributed by atoms with van der Waals surface area (Å²) >= 11 is 3.33. The minimum atomic E-state index is -0.352. The van der Waals surface area contributed by atoms with Crippen molar-refractivity contribution in [3.8, 4) is 0 Å². The van der Waals surface area contributed by atoms with Crippen LogP contribution in [-0.4, -0.2) is 22.0 Å². The number of ether oxygens (including phenoxy) is 1. The molecule has 0 aliphatic carbocycles. The maximum Gasteiger partial charge on any atom is 0.341 e. The van der Waals surface area contributed by atoms with Crippen molar-refractivity contribution in [1.29, 1.82) is 0 Å². The molecule has 0 aliphatic heterocycles. The van der Waals surface area contributed by atoms with Gasteiger partial charge in [0.2, 0.25) is 0 Å². The number of carbonyl (C=O) groups is 1. The Hall–Kier alpha value is -1.36. The largest absolute Gasteiger partial charge is 0.462 e. The molecule has 0 atom stereocenters. The van der Waals surface area contributed by atoms with Gasteiger partial charge in [0.15, 0.2) is 5.65 Å². The lowest BCUT2D eigenvalue weighted by atomic mass is 10.3. The molecular formula is C10H9BrN2O2. The molecule has 0 N–H and O–H groups in total. The van der Waals surface area contributed by atoms with Crippen molar-refractivity contribution in [2.45, 2.75) is 6.92 Å². The van der Waals surface area contributed by atoms with Gasteiger partial charge in [-0.05, 0) is 28.9 Å². The summed E-state index contributed by atoms with van der Waals surface area (Å²) in [5, 5.41) is 0. The van der Waals surface area contributed by atoms with Crippen molar-refractivity contribution < 1.29 is 9.53 Å². The Morgan fingerprint density at radius 1 is 1.67 bits per heavy atom. The zero-order valence-corrected chi connectivity index (χ0v) is 9.69. The predicted molar refractivity (Wildman–Crippen MR) is 58.8 cm³/mol. The highest BCUT2D eigenvalue weighted by molar-refractivity contribution is 9.10. The quantitative estimate of drug-likeness (QED) is 0.785. The van der Waals surface area contributed by atoms with Gasteiger partial charge in [-0.25, -0.2) is 9.78 Å². The Morgan fingerprint density at radius 3 is 3.20 bits per heavy atom. The molecule has 0 spiro atoms. The lowest BCUT2D eigenvalue weighted by Gasteiger charge is -2.04. The summed E-state index contributed by atoms with van der Waals surface area (Å²) in [5.74, 6) is -0.352. The first-order chi connectivity index (χ1) is 7.22. The number of esters is 1. The van der Waals surface area contributed by atoms with Gasteiger partial charge in [0.25, 0.3) is 0 Å². The molecule has 2 aromatic rings. The van der Waals surface area contributed by atoms with Crippen molar-refractivity contribution >= 4 is 27.5 Å². The topological polar surface area (TPSA) is 43.6 Å². The van der Waals surface area contributed by atoms with Crippen LogP contribution in [0.4, 0.5) is 0 Å². The fourth-order valence-corrected chi connectivity index (χ4v) is 1.81. The fourth-order valence-electron chi connectivity index (χ4n) is 1.36. The van der Waals surface area contributed by atoms with Gasteiger partial charge < -0.3 is 9.14 Å². The molecule has 0 aliphatic rings. The maximum atomic E-state index is 11.6. The summed E-state index contributed by atoms with van der Waals surface area (Å²) in [6.07, 6.45) is 5.26. The predicted octanol–water partition coefficient (Wildman–Crippen LogP) is 2.27. The molecule has 0 amide bonds. The summed E-state index contributed by atoms with van der Waals surface area (Å²) in [6, 6.07) is 1.71. The first kappa shape index (κ1) is 10.2. The number of imidazole rings is 1. The number of aromatic nitrogens is 2. The normalized spacial score (nSPS) is 10.5. The highest BCUT2D eigenvalue weighted by Crippen LogP contribution is 2.17. The second-order valence-corrected chi connectivity index (χ2v) is 3.87. The summed E-state index contributed by atoms with van der Waals surface area (Å²) < 4.78 is 7.54. The zero-order chi connectivity index (χ0) is 10.8. The molecule has 0 aromatic carbocycles. The first-order valence-corrected chi connectivity index (χ1v) is 5.31. The molecule has 0 saturated heterocycles. The third kappa shape index (κ3) is 1.87. The van der Waals surface area contributed by atoms with Crippen LogP contribution >= 0.6 is 15.9 Å². The molecule has 0 unspecified atom stereocenters. The SMILES string of the molecule is CCOC(=O)c1cc(Br)cn2ccnc12. The van der Waals surface area contributed by atoms with Gasteiger partial charge in [-0.15, -0.1) is 0 Å². The second kappa shape index (κ2) is 4.02. The first-order valence-electron chi connectivity index (χ1n) is 4.51. The summed E-state index contributed by atoms with van der Waals surface area (Å²) in [5.41, 5.74) is 1.08. The molecular weight excluding hydrogens is 260 g/mol. The number of hydrogen-bond acceptors (Lipinski definition) is 3. The van der Waals surface area contributed by atoms with E-state index in [4.69, 9.17) is 4.74 Å². The molecule has 0 fully saturated rings. The summed E-state index contributed by atoms with van der Waals surface area (Å²) in [4.78, 5) is 15.7. The van der Waals surface area contributed by atoms with E-state index in [9.17, 15) is 4.79 Å². The monoisotopic (exact) mass is 268 g/mol.